The smallest absolute Gasteiger partial charge is 0.347 e. The zero-order chi connectivity index (χ0) is 22.7. The molecule has 0 saturated heterocycles. The topological polar surface area (TPSA) is 130 Å². The van der Waals surface area contributed by atoms with Gasteiger partial charge in [-0.2, -0.15) is 0 Å². The largest absolute Gasteiger partial charge is 0.507 e. The van der Waals surface area contributed by atoms with Gasteiger partial charge >= 0.3 is 11.9 Å². The summed E-state index contributed by atoms with van der Waals surface area (Å²) < 4.78 is 10.0. The van der Waals surface area contributed by atoms with E-state index in [9.17, 15) is 29.7 Å². The molecule has 2 aromatic carbocycles. The van der Waals surface area contributed by atoms with Gasteiger partial charge in [0.15, 0.2) is 5.78 Å². The number of rotatable bonds is 5. The number of phenolic OH excluding ortho intramolecular Hbond substituents is 3. The number of esters is 2. The summed E-state index contributed by atoms with van der Waals surface area (Å²) >= 11 is 0. The number of carbonyl (C=O) groups excluding carboxylic acids is 3. The van der Waals surface area contributed by atoms with E-state index < -0.39 is 17.7 Å². The van der Waals surface area contributed by atoms with Crippen LogP contribution in [-0.4, -0.2) is 40.2 Å². The number of methoxy groups -OCH3 is 1. The maximum atomic E-state index is 12.8. The summed E-state index contributed by atoms with van der Waals surface area (Å²) in [7, 11) is 1.18. The summed E-state index contributed by atoms with van der Waals surface area (Å²) in [6, 6.07) is 2.65. The van der Waals surface area contributed by atoms with Crippen LogP contribution >= 0.6 is 0 Å². The number of ether oxygens (including phenoxy) is 2. The summed E-state index contributed by atoms with van der Waals surface area (Å²) in [5, 5.41) is 30.9. The molecule has 0 saturated carbocycles. The summed E-state index contributed by atoms with van der Waals surface area (Å²) in [4.78, 5) is 35.8. The maximum Gasteiger partial charge on any atom is 0.347 e. The van der Waals surface area contributed by atoms with Gasteiger partial charge in [-0.1, -0.05) is 0 Å². The van der Waals surface area contributed by atoms with E-state index in [0.29, 0.717) is 5.56 Å². The van der Waals surface area contributed by atoms with Gasteiger partial charge in [-0.25, -0.2) is 9.59 Å². The van der Waals surface area contributed by atoms with Crippen molar-refractivity contribution in [2.45, 2.75) is 27.7 Å². The lowest BCUT2D eigenvalue weighted by Gasteiger charge is -2.16. The Morgan fingerprint density at radius 1 is 0.900 bits per heavy atom. The Bertz CT molecular complexity index is 1080. The molecule has 8 heteroatoms. The molecule has 8 nitrogen and oxygen atoms in total. The minimum Gasteiger partial charge on any atom is -0.507 e. The number of hydrogen-bond donors (Lipinski definition) is 3. The Hall–Kier alpha value is -3.81. The molecule has 0 bridgehead atoms. The van der Waals surface area contributed by atoms with Crippen molar-refractivity contribution in [1.29, 1.82) is 0 Å². The van der Waals surface area contributed by atoms with E-state index in [-0.39, 0.29) is 50.8 Å². The Labute approximate surface area is 173 Å². The first kappa shape index (κ1) is 22.5. The third-order valence-corrected chi connectivity index (χ3v) is 4.50. The number of aryl methyl sites for hydroxylation is 2. The third kappa shape index (κ3) is 4.27. The predicted molar refractivity (Wildman–Crippen MR) is 108 cm³/mol. The van der Waals surface area contributed by atoms with Crippen molar-refractivity contribution < 1.29 is 39.2 Å². The van der Waals surface area contributed by atoms with Crippen LogP contribution in [0.2, 0.25) is 0 Å². The lowest BCUT2D eigenvalue weighted by atomic mass is 10.0. The Morgan fingerprint density at radius 2 is 1.47 bits per heavy atom. The normalized spacial score (nSPS) is 10.8. The molecule has 3 N–H and O–H groups in total. The van der Waals surface area contributed by atoms with Gasteiger partial charge in [0.25, 0.3) is 0 Å². The molecule has 158 valence electrons. The van der Waals surface area contributed by atoms with Crippen LogP contribution < -0.4 is 4.74 Å². The van der Waals surface area contributed by atoms with Gasteiger partial charge in [0, 0.05) is 5.56 Å². The van der Waals surface area contributed by atoms with E-state index in [1.807, 2.05) is 0 Å². The Morgan fingerprint density at radius 3 is 2.03 bits per heavy atom. The number of carbonyl (C=O) groups is 3. The van der Waals surface area contributed by atoms with E-state index in [0.717, 1.165) is 6.08 Å². The van der Waals surface area contributed by atoms with Crippen molar-refractivity contribution in [3.8, 4) is 23.0 Å². The van der Waals surface area contributed by atoms with E-state index in [4.69, 9.17) is 4.74 Å². The van der Waals surface area contributed by atoms with Crippen molar-refractivity contribution in [2.75, 3.05) is 7.11 Å². The predicted octanol–water partition coefficient (Wildman–Crippen LogP) is 3.34. The molecule has 0 amide bonds. The summed E-state index contributed by atoms with van der Waals surface area (Å²) in [6.07, 6.45) is 2.33. The molecule has 30 heavy (non-hydrogen) atoms. The molecule has 0 heterocycles. The molecular weight excluding hydrogens is 392 g/mol. The van der Waals surface area contributed by atoms with E-state index >= 15 is 0 Å². The molecule has 2 aromatic rings. The molecular formula is C22H22O8. The SMILES string of the molecule is COC(=O)c1c(C)cc(OC(=O)c2c(C)cc(O)c(C=CC(C)=O)c2O)c(C)c1O. The second-order valence-corrected chi connectivity index (χ2v) is 6.72. The van der Waals surface area contributed by atoms with Crippen molar-refractivity contribution >= 4 is 23.8 Å². The number of hydrogen-bond acceptors (Lipinski definition) is 8. The summed E-state index contributed by atoms with van der Waals surface area (Å²) in [5.74, 6) is -3.27. The molecule has 0 fully saturated rings. The van der Waals surface area contributed by atoms with Crippen LogP contribution in [0, 0.1) is 20.8 Å². The van der Waals surface area contributed by atoms with Crippen LogP contribution in [0.25, 0.3) is 6.08 Å². The van der Waals surface area contributed by atoms with Crippen LogP contribution in [0.1, 0.15) is 49.9 Å². The van der Waals surface area contributed by atoms with Crippen molar-refractivity contribution in [3.05, 3.63) is 51.6 Å². The quantitative estimate of drug-likeness (QED) is 0.386. The number of phenols is 3. The molecule has 0 aliphatic carbocycles. The third-order valence-electron chi connectivity index (χ3n) is 4.50. The van der Waals surface area contributed by atoms with Crippen LogP contribution in [0.3, 0.4) is 0 Å². The standard InChI is InChI=1S/C22H22O8/c1-10-8-15(24)14(7-6-12(3)23)20(26)18(10)22(28)30-16-9-11(2)17(21(27)29-5)19(25)13(16)4/h6-9,24-26H,1-5H3. The minimum absolute atomic E-state index is 0.0182. The fourth-order valence-corrected chi connectivity index (χ4v) is 2.91. The Kier molecular flexibility index (Phi) is 6.51. The highest BCUT2D eigenvalue weighted by Crippen LogP contribution is 2.37. The molecule has 2 rings (SSSR count). The van der Waals surface area contributed by atoms with Crippen molar-refractivity contribution in [1.82, 2.24) is 0 Å². The van der Waals surface area contributed by atoms with Crippen molar-refractivity contribution in [2.24, 2.45) is 0 Å². The highest BCUT2D eigenvalue weighted by molar-refractivity contribution is 6.00. The lowest BCUT2D eigenvalue weighted by molar-refractivity contribution is -0.112. The van der Waals surface area contributed by atoms with Gasteiger partial charge in [0.1, 0.15) is 34.1 Å². The fraction of sp³-hybridized carbons (Fsp3) is 0.227. The number of benzene rings is 2. The maximum absolute atomic E-state index is 12.8. The van der Waals surface area contributed by atoms with Gasteiger partial charge in [-0.05, 0) is 63.1 Å². The van der Waals surface area contributed by atoms with E-state index in [2.05, 4.69) is 4.74 Å². The summed E-state index contributed by atoms with van der Waals surface area (Å²) in [5.41, 5.74) is 0.311. The molecule has 0 aliphatic heterocycles. The van der Waals surface area contributed by atoms with E-state index in [1.54, 1.807) is 0 Å². The first-order chi connectivity index (χ1) is 14.0. The highest BCUT2D eigenvalue weighted by atomic mass is 16.5. The van der Waals surface area contributed by atoms with Crippen molar-refractivity contribution in [3.63, 3.8) is 0 Å². The van der Waals surface area contributed by atoms with Crippen LogP contribution in [0.15, 0.2) is 18.2 Å². The van der Waals surface area contributed by atoms with Gasteiger partial charge < -0.3 is 24.8 Å². The van der Waals surface area contributed by atoms with Crippen LogP contribution in [0.5, 0.6) is 23.0 Å². The number of ketones is 1. The summed E-state index contributed by atoms with van der Waals surface area (Å²) in [6.45, 7) is 5.78. The molecule has 0 radical (unpaired) electrons. The molecule has 0 atom stereocenters. The van der Waals surface area contributed by atoms with Gasteiger partial charge in [-0.15, -0.1) is 0 Å². The first-order valence-electron chi connectivity index (χ1n) is 8.87. The van der Waals surface area contributed by atoms with E-state index in [1.165, 1.54) is 53.0 Å². The highest BCUT2D eigenvalue weighted by Gasteiger charge is 2.25. The van der Waals surface area contributed by atoms with Gasteiger partial charge in [-0.3, -0.25) is 4.79 Å². The number of allylic oxidation sites excluding steroid dienone is 1. The van der Waals surface area contributed by atoms with Crippen LogP contribution in [0.4, 0.5) is 0 Å². The zero-order valence-electron chi connectivity index (χ0n) is 17.2. The molecule has 0 aromatic heterocycles. The first-order valence-corrected chi connectivity index (χ1v) is 8.87. The monoisotopic (exact) mass is 414 g/mol. The fourth-order valence-electron chi connectivity index (χ4n) is 2.91. The second kappa shape index (κ2) is 8.69. The molecule has 0 spiro atoms. The zero-order valence-corrected chi connectivity index (χ0v) is 17.2. The number of aromatic hydroxyl groups is 3. The second-order valence-electron chi connectivity index (χ2n) is 6.72. The Balaban J connectivity index is 2.52. The minimum atomic E-state index is -0.949. The van der Waals surface area contributed by atoms with Gasteiger partial charge in [0.05, 0.1) is 12.7 Å². The van der Waals surface area contributed by atoms with Gasteiger partial charge in [0.2, 0.25) is 0 Å². The lowest BCUT2D eigenvalue weighted by Crippen LogP contribution is -2.13. The molecule has 0 aliphatic rings. The average Bonchev–Trinajstić information content (AvgIpc) is 2.64. The molecule has 0 unspecified atom stereocenters. The van der Waals surface area contributed by atoms with Crippen LogP contribution in [-0.2, 0) is 9.53 Å². The average molecular weight is 414 g/mol.